The van der Waals surface area contributed by atoms with E-state index in [0.717, 1.165) is 23.8 Å². The van der Waals surface area contributed by atoms with Gasteiger partial charge >= 0.3 is 11.8 Å². The second-order valence-electron chi connectivity index (χ2n) is 5.82. The molecule has 3 N–H and O–H groups in total. The average Bonchev–Trinajstić information content (AvgIpc) is 3.27. The first kappa shape index (κ1) is 16.6. The van der Waals surface area contributed by atoms with E-state index in [2.05, 4.69) is 10.6 Å². The summed E-state index contributed by atoms with van der Waals surface area (Å²) in [6.07, 6.45) is 1.78. The van der Waals surface area contributed by atoms with Crippen molar-refractivity contribution >= 4 is 28.8 Å². The van der Waals surface area contributed by atoms with Crippen molar-refractivity contribution in [2.45, 2.75) is 18.4 Å². The van der Waals surface area contributed by atoms with Crippen LogP contribution < -0.4 is 10.6 Å². The Balaban J connectivity index is 1.61. The van der Waals surface area contributed by atoms with Crippen molar-refractivity contribution < 1.29 is 19.1 Å². The van der Waals surface area contributed by atoms with Gasteiger partial charge in [-0.05, 0) is 48.4 Å². The number of carbonyl (C=O) groups is 2. The van der Waals surface area contributed by atoms with Crippen LogP contribution in [0.25, 0.3) is 0 Å². The van der Waals surface area contributed by atoms with Crippen molar-refractivity contribution in [1.82, 2.24) is 5.32 Å². The minimum atomic E-state index is -1.15. The van der Waals surface area contributed by atoms with E-state index in [4.69, 9.17) is 0 Å². The van der Waals surface area contributed by atoms with Crippen molar-refractivity contribution in [3.8, 4) is 0 Å². The van der Waals surface area contributed by atoms with Gasteiger partial charge in [0.1, 0.15) is 11.4 Å². The molecule has 1 heterocycles. The fourth-order valence-corrected chi connectivity index (χ4v) is 3.47. The van der Waals surface area contributed by atoms with Crippen LogP contribution in [0.15, 0.2) is 41.8 Å². The van der Waals surface area contributed by atoms with Crippen molar-refractivity contribution in [3.05, 3.63) is 52.5 Å². The molecule has 126 valence electrons. The van der Waals surface area contributed by atoms with Crippen LogP contribution in [0.3, 0.4) is 0 Å². The van der Waals surface area contributed by atoms with Gasteiger partial charge in [0, 0.05) is 10.6 Å². The summed E-state index contributed by atoms with van der Waals surface area (Å²) < 4.78 is 13.1. The van der Waals surface area contributed by atoms with Gasteiger partial charge in [-0.2, -0.15) is 0 Å². The Kier molecular flexibility index (Phi) is 4.64. The first-order chi connectivity index (χ1) is 11.5. The van der Waals surface area contributed by atoms with E-state index in [0.29, 0.717) is 0 Å². The normalized spacial score (nSPS) is 16.2. The van der Waals surface area contributed by atoms with Crippen molar-refractivity contribution in [1.29, 1.82) is 0 Å². The predicted molar refractivity (Wildman–Crippen MR) is 89.0 cm³/mol. The smallest absolute Gasteiger partial charge is 0.313 e. The summed E-state index contributed by atoms with van der Waals surface area (Å²) in [5.74, 6) is -2.18. The zero-order chi connectivity index (χ0) is 17.2. The first-order valence-corrected chi connectivity index (χ1v) is 8.48. The lowest BCUT2D eigenvalue weighted by molar-refractivity contribution is -0.137. The lowest BCUT2D eigenvalue weighted by Gasteiger charge is -2.27. The van der Waals surface area contributed by atoms with Gasteiger partial charge in [-0.1, -0.05) is 12.1 Å². The summed E-state index contributed by atoms with van der Waals surface area (Å²) in [5, 5.41) is 17.6. The van der Waals surface area contributed by atoms with Gasteiger partial charge in [0.25, 0.3) is 0 Å². The SMILES string of the molecule is O=C(NC[C@@](O)(c1cccs1)C1CC1)C(=O)Nc1cccc(F)c1. The van der Waals surface area contributed by atoms with Gasteiger partial charge in [0.05, 0.1) is 6.54 Å². The summed E-state index contributed by atoms with van der Waals surface area (Å²) in [6, 6.07) is 8.95. The van der Waals surface area contributed by atoms with Gasteiger partial charge in [-0.15, -0.1) is 11.3 Å². The Morgan fingerprint density at radius 3 is 2.67 bits per heavy atom. The molecule has 0 unspecified atom stereocenters. The second-order valence-corrected chi connectivity index (χ2v) is 6.77. The van der Waals surface area contributed by atoms with Crippen molar-refractivity contribution in [2.75, 3.05) is 11.9 Å². The number of anilines is 1. The fourth-order valence-electron chi connectivity index (χ4n) is 2.57. The standard InChI is InChI=1S/C17H17FN2O3S/c18-12-3-1-4-13(9-12)20-16(22)15(21)19-10-17(23,11-6-7-11)14-5-2-8-24-14/h1-5,8-9,11,23H,6-7,10H2,(H,19,21)(H,20,22)/t17-/m0/s1. The monoisotopic (exact) mass is 348 g/mol. The number of benzene rings is 1. The topological polar surface area (TPSA) is 78.4 Å². The minimum Gasteiger partial charge on any atom is -0.382 e. The van der Waals surface area contributed by atoms with Crippen LogP contribution in [0.4, 0.5) is 10.1 Å². The Morgan fingerprint density at radius 1 is 1.25 bits per heavy atom. The molecule has 1 aliphatic rings. The second kappa shape index (κ2) is 6.70. The van der Waals surface area contributed by atoms with Crippen LogP contribution in [-0.4, -0.2) is 23.5 Å². The molecule has 0 radical (unpaired) electrons. The number of hydrogen-bond donors (Lipinski definition) is 3. The predicted octanol–water partition coefficient (Wildman–Crippen LogP) is 2.24. The third-order valence-electron chi connectivity index (χ3n) is 4.01. The summed E-state index contributed by atoms with van der Waals surface area (Å²) in [5.41, 5.74) is -0.950. The van der Waals surface area contributed by atoms with E-state index in [1.807, 2.05) is 17.5 Å². The molecule has 1 atom stereocenters. The van der Waals surface area contributed by atoms with Crippen molar-refractivity contribution in [2.24, 2.45) is 5.92 Å². The number of nitrogens with one attached hydrogen (secondary N) is 2. The van der Waals surface area contributed by atoms with Gasteiger partial charge in [-0.3, -0.25) is 9.59 Å². The van der Waals surface area contributed by atoms with E-state index >= 15 is 0 Å². The van der Waals surface area contributed by atoms with E-state index in [1.165, 1.54) is 29.5 Å². The molecule has 1 aromatic carbocycles. The molecule has 3 rings (SSSR count). The zero-order valence-electron chi connectivity index (χ0n) is 12.8. The lowest BCUT2D eigenvalue weighted by Crippen LogP contribution is -2.45. The Morgan fingerprint density at radius 2 is 2.04 bits per heavy atom. The summed E-state index contributed by atoms with van der Waals surface area (Å²) in [7, 11) is 0. The van der Waals surface area contributed by atoms with Gasteiger partial charge < -0.3 is 15.7 Å². The molecule has 1 saturated carbocycles. The number of thiophene rings is 1. The van der Waals surface area contributed by atoms with Crippen LogP contribution >= 0.6 is 11.3 Å². The Labute approximate surface area is 142 Å². The summed E-state index contributed by atoms with van der Waals surface area (Å²) in [4.78, 5) is 24.6. The number of carbonyl (C=O) groups excluding carboxylic acids is 2. The highest BCUT2D eigenvalue weighted by Gasteiger charge is 2.46. The molecule has 2 amide bonds. The highest BCUT2D eigenvalue weighted by molar-refractivity contribution is 7.10. The number of amides is 2. The van der Waals surface area contributed by atoms with Gasteiger partial charge in [0.2, 0.25) is 0 Å². The highest BCUT2D eigenvalue weighted by atomic mass is 32.1. The molecular formula is C17H17FN2O3S. The first-order valence-electron chi connectivity index (χ1n) is 7.60. The number of rotatable bonds is 5. The third kappa shape index (κ3) is 3.63. The van der Waals surface area contributed by atoms with Crippen molar-refractivity contribution in [3.63, 3.8) is 0 Å². The largest absolute Gasteiger partial charge is 0.382 e. The van der Waals surface area contributed by atoms with Crippen LogP contribution in [0.5, 0.6) is 0 Å². The van der Waals surface area contributed by atoms with Crippen LogP contribution in [-0.2, 0) is 15.2 Å². The maximum absolute atomic E-state index is 13.1. The maximum atomic E-state index is 13.1. The molecule has 1 aromatic heterocycles. The Hall–Kier alpha value is -2.25. The molecule has 24 heavy (non-hydrogen) atoms. The van der Waals surface area contributed by atoms with Gasteiger partial charge in [0.15, 0.2) is 0 Å². The maximum Gasteiger partial charge on any atom is 0.313 e. The molecule has 0 bridgehead atoms. The highest BCUT2D eigenvalue weighted by Crippen LogP contribution is 2.46. The minimum absolute atomic E-state index is 0.0341. The van der Waals surface area contributed by atoms with E-state index < -0.39 is 23.2 Å². The van der Waals surface area contributed by atoms with E-state index in [9.17, 15) is 19.1 Å². The number of aliphatic hydroxyl groups is 1. The van der Waals surface area contributed by atoms with Crippen LogP contribution in [0, 0.1) is 11.7 Å². The molecular weight excluding hydrogens is 331 g/mol. The number of halogens is 1. The lowest BCUT2D eigenvalue weighted by atomic mass is 9.95. The molecule has 0 spiro atoms. The van der Waals surface area contributed by atoms with Crippen LogP contribution in [0.1, 0.15) is 17.7 Å². The zero-order valence-corrected chi connectivity index (χ0v) is 13.6. The van der Waals surface area contributed by atoms with E-state index in [1.54, 1.807) is 0 Å². The average molecular weight is 348 g/mol. The quantitative estimate of drug-likeness (QED) is 0.725. The molecule has 2 aromatic rings. The molecule has 7 heteroatoms. The summed E-state index contributed by atoms with van der Waals surface area (Å²) in [6.45, 7) is -0.0341. The van der Waals surface area contributed by atoms with Gasteiger partial charge in [-0.25, -0.2) is 4.39 Å². The molecule has 0 saturated heterocycles. The third-order valence-corrected chi connectivity index (χ3v) is 5.04. The van der Waals surface area contributed by atoms with E-state index in [-0.39, 0.29) is 18.2 Å². The molecule has 1 aliphatic carbocycles. The Bertz CT molecular complexity index is 746. The molecule has 0 aliphatic heterocycles. The summed E-state index contributed by atoms with van der Waals surface area (Å²) >= 11 is 1.42. The van der Waals surface area contributed by atoms with Crippen LogP contribution in [0.2, 0.25) is 0 Å². The fraction of sp³-hybridized carbons (Fsp3) is 0.294. The number of hydrogen-bond acceptors (Lipinski definition) is 4. The molecule has 5 nitrogen and oxygen atoms in total. The molecule has 1 fully saturated rings.